The van der Waals surface area contributed by atoms with Crippen LogP contribution in [0.25, 0.3) is 0 Å². The molecule has 7 aromatic heterocycles. The number of carbonyl (C=O) groups is 7. The fourth-order valence-corrected chi connectivity index (χ4v) is 15.3. The molecule has 14 rings (SSSR count). The number of ether oxygens (including phenoxy) is 2. The maximum absolute atomic E-state index is 13.5. The maximum atomic E-state index is 13.5. The van der Waals surface area contributed by atoms with Crippen LogP contribution in [0.1, 0.15) is 157 Å². The Labute approximate surface area is 668 Å². The topological polar surface area (TPSA) is 489 Å². The number of ketones is 1. The molecule has 7 aliphatic rings. The number of nitrogens with zero attached hydrogens (tertiary/aromatic N) is 13. The van der Waals surface area contributed by atoms with Gasteiger partial charge < -0.3 is 72.9 Å². The van der Waals surface area contributed by atoms with Gasteiger partial charge in [0.15, 0.2) is 0 Å². The fraction of sp³-hybridized carbons (Fsp3) is 0.473. The molecule has 7 aliphatic heterocycles. The lowest BCUT2D eigenvalue weighted by Gasteiger charge is -2.39. The first-order valence-electron chi connectivity index (χ1n) is 36.4. The summed E-state index contributed by atoms with van der Waals surface area (Å²) in [5.41, 5.74) is 16.8. The molecule has 39 heteroatoms. The first-order chi connectivity index (χ1) is 53.0. The molecule has 0 aromatic carbocycles. The minimum absolute atomic E-state index is 0.130. The van der Waals surface area contributed by atoms with Crippen molar-refractivity contribution in [2.24, 2.45) is 5.73 Å². The maximum Gasteiger partial charge on any atom is 0.413 e. The predicted molar refractivity (Wildman–Crippen MR) is 431 cm³/mol. The van der Waals surface area contributed by atoms with Crippen molar-refractivity contribution in [3.05, 3.63) is 157 Å². The number of hydrogen-bond acceptors (Lipinski definition) is 27. The highest BCUT2D eigenvalue weighted by Crippen LogP contribution is 2.36. The summed E-state index contributed by atoms with van der Waals surface area (Å²) in [6.07, 6.45) is 9.44. The molecule has 4 saturated heterocycles. The van der Waals surface area contributed by atoms with Gasteiger partial charge in [0.25, 0.3) is 45.9 Å². The molecule has 7 aromatic rings. The second-order valence-corrected chi connectivity index (χ2v) is 32.5. The van der Waals surface area contributed by atoms with Crippen LogP contribution in [0.15, 0.2) is 89.6 Å². The molecule has 0 aliphatic carbocycles. The highest BCUT2D eigenvalue weighted by Gasteiger charge is 2.50. The van der Waals surface area contributed by atoms with Gasteiger partial charge in [-0.25, -0.2) is 39.5 Å². The van der Waals surface area contributed by atoms with Gasteiger partial charge in [-0.05, 0) is 247 Å². The lowest BCUT2D eigenvalue weighted by molar-refractivity contribution is -0.121. The number of aromatic amines is 1. The van der Waals surface area contributed by atoms with E-state index in [1.54, 1.807) is 99.4 Å². The molecule has 3 unspecified atom stereocenters. The lowest BCUT2D eigenvalue weighted by atomic mass is 9.98. The Hall–Kier alpha value is -10.9. The Balaban J connectivity index is 0.000000164. The summed E-state index contributed by atoms with van der Waals surface area (Å²) in [4.78, 5) is 167. The van der Waals surface area contributed by atoms with Gasteiger partial charge >= 0.3 is 12.2 Å². The van der Waals surface area contributed by atoms with Gasteiger partial charge in [-0.2, -0.15) is 0 Å². The van der Waals surface area contributed by atoms with Crippen molar-refractivity contribution in [1.82, 2.24) is 84.1 Å². The highest BCUT2D eigenvalue weighted by molar-refractivity contribution is 9.10. The number of aryl methyl sites for hydroxylation is 4. The highest BCUT2D eigenvalue weighted by atomic mass is 79.9. The van der Waals surface area contributed by atoms with Crippen molar-refractivity contribution in [3.8, 4) is 0 Å². The average Bonchev–Trinajstić information content (AvgIpc) is 1.60. The molecule has 113 heavy (non-hydrogen) atoms. The summed E-state index contributed by atoms with van der Waals surface area (Å²) in [5, 5.41) is 20.2. The van der Waals surface area contributed by atoms with E-state index in [0.29, 0.717) is 104 Å². The minimum Gasteiger partial charge on any atom is -0.444 e. The molecule has 0 saturated carbocycles. The molecule has 3 spiro atoms. The third-order valence-electron chi connectivity index (χ3n) is 18.8. The Morgan fingerprint density at radius 2 is 0.841 bits per heavy atom. The summed E-state index contributed by atoms with van der Waals surface area (Å²) in [7, 11) is 7.97. The zero-order valence-electron chi connectivity index (χ0n) is 65.7. The normalized spacial score (nSPS) is 19.7. The van der Waals surface area contributed by atoms with Crippen LogP contribution < -0.4 is 76.7 Å². The van der Waals surface area contributed by atoms with Gasteiger partial charge in [0.1, 0.15) is 122 Å². The number of fused-ring (bicyclic) bond motifs is 6. The fourth-order valence-electron chi connectivity index (χ4n) is 14.3. The largest absolute Gasteiger partial charge is 0.444 e. The number of nitrogens with one attached hydrogen (secondary N) is 8. The number of likely N-dealkylation sites (N-methyl/N-ethyl adjacent to an activating group) is 4. The minimum atomic E-state index is -0.770. The van der Waals surface area contributed by atoms with Gasteiger partial charge in [-0.15, -0.1) is 0 Å². The Morgan fingerprint density at radius 3 is 1.22 bits per heavy atom. The van der Waals surface area contributed by atoms with Crippen molar-refractivity contribution < 1.29 is 43.0 Å². The molecule has 3 atom stereocenters. The number of primary amides is 1. The number of piperidine rings is 4. The zero-order valence-corrected chi connectivity index (χ0v) is 68.9. The molecule has 4 fully saturated rings. The molecular formula is C74H98Br2N24O13. The Bertz CT molecular complexity index is 5080. The molecule has 14 N–H and O–H groups in total. The Morgan fingerprint density at radius 1 is 0.478 bits per heavy atom. The van der Waals surface area contributed by atoms with Crippen LogP contribution in [-0.2, 0) is 31.3 Å². The molecule has 606 valence electrons. The zero-order chi connectivity index (χ0) is 83.0. The number of nitrogen functional groups attached to an aromatic ring is 2. The number of nitrogens with two attached hydrogens (primary N) is 3. The summed E-state index contributed by atoms with van der Waals surface area (Å²) in [5.74, 6) is 1.07. The van der Waals surface area contributed by atoms with E-state index in [-0.39, 0.29) is 63.0 Å². The van der Waals surface area contributed by atoms with Crippen LogP contribution in [0, 0.1) is 27.7 Å². The van der Waals surface area contributed by atoms with Gasteiger partial charge in [-0.1, -0.05) is 0 Å². The summed E-state index contributed by atoms with van der Waals surface area (Å²) in [6, 6.07) is 11.1. The summed E-state index contributed by atoms with van der Waals surface area (Å²) in [6.45, 7) is 24.2. The van der Waals surface area contributed by atoms with Crippen LogP contribution in [0.3, 0.4) is 0 Å². The number of hydrogen-bond donors (Lipinski definition) is 11. The van der Waals surface area contributed by atoms with E-state index >= 15 is 0 Å². The lowest BCUT2D eigenvalue weighted by Crippen LogP contribution is -2.57. The van der Waals surface area contributed by atoms with E-state index in [0.717, 1.165) is 82.3 Å². The average molecular weight is 1690 g/mol. The van der Waals surface area contributed by atoms with Gasteiger partial charge in [0.2, 0.25) is 0 Å². The summed E-state index contributed by atoms with van der Waals surface area (Å²) >= 11 is 6.33. The first kappa shape index (κ1) is 86.1. The van der Waals surface area contributed by atoms with E-state index in [2.05, 4.69) is 124 Å². The summed E-state index contributed by atoms with van der Waals surface area (Å²) < 4.78 is 16.0. The molecular weight excluding hydrogens is 1590 g/mol. The number of aromatic nitrogens is 10. The van der Waals surface area contributed by atoms with Crippen molar-refractivity contribution in [2.75, 3.05) is 113 Å². The van der Waals surface area contributed by atoms with Gasteiger partial charge in [-0.3, -0.25) is 72.4 Å². The van der Waals surface area contributed by atoms with Crippen LogP contribution >= 0.6 is 31.9 Å². The molecule has 0 bridgehead atoms. The van der Waals surface area contributed by atoms with Crippen molar-refractivity contribution >= 4 is 120 Å². The number of likely N-dealkylation sites (tertiary alicyclic amines) is 4. The second kappa shape index (κ2) is 35.4. The Kier molecular flexibility index (Phi) is 27.0. The smallest absolute Gasteiger partial charge is 0.413 e. The molecule has 6 amide bonds. The number of Topliss-reactive ketones (excluding diaryl/α,β-unsaturated/α-hetero) is 1. The predicted octanol–water partition coefficient (Wildman–Crippen LogP) is 5.83. The number of amides is 6. The standard InChI is InChI=1S/C22H29N7O4.C17H21N7O2.C13H16BrN3O2.C9H14N4O2.C7H7BrN2O2.C6H11NO/c1-13-9-14(25-15-10-16(24-12-23-15)26-20(32)33-21(2,3)4)19(31)29-17(13)18(30)27-22(29)7-6-8-28(5)11-22;1-10-6-11(21-13-7-12(18)19-9-20-13)16(26)24-14(10)15(25)22-17(24)4-3-5-23(2)8-17;1-8-6-9(14)12(19)17-10(8)11(18)15-13(17)4-3-5-16(2)7-13;1-9(2,3)15-8(14)13-7-4-6(10)11-5-12-7;1-3-2-4(8)7(12)10-5(3)6(9)11;1-7-4-2-3-6(8)5-7/h9-10,12H,6-8,11H2,1-5H3,(H,27,30)(H2,23,24,25,26,32);6-7,9H,3-5,8H2,1-2H3,(H,22,25)(H3,18,19,20,21);6H,3-5,7H2,1-2H3,(H,15,18);4-5H,1-3H3,(H3,10,11,12,13,14);2H,1H3,(H2,9,11)(H,10,12);2-5H2,1H3. The van der Waals surface area contributed by atoms with E-state index in [1.807, 2.05) is 42.0 Å². The SMILES string of the molecule is CC(C)(C)OC(=O)Nc1cc(N)ncn1.CN1CCCC(=O)C1.Cc1cc(Br)c(=O)[nH]c1C(N)=O.Cc1cc(Br)c(=O)n2c1C(=O)NC21CCCN(C)C1.Cc1cc(Nc2cc(N)ncn2)c(=O)n2c1C(=O)NC21CCCN(C)C1.Cc1cc(Nc2cc(NC(=O)OC(C)(C)C)ncn2)c(=O)n2c1C(=O)NC21CCCN(C)C1. The van der Waals surface area contributed by atoms with Gasteiger partial charge in [0.05, 0.1) is 15.5 Å². The molecule has 37 nitrogen and oxygen atoms in total. The number of H-pyrrole nitrogens is 1. The number of pyridine rings is 4. The van der Waals surface area contributed by atoms with E-state index in [9.17, 15) is 52.7 Å². The van der Waals surface area contributed by atoms with Crippen molar-refractivity contribution in [2.45, 2.75) is 149 Å². The van der Waals surface area contributed by atoms with Crippen molar-refractivity contribution in [3.63, 3.8) is 0 Å². The third kappa shape index (κ3) is 21.3. The van der Waals surface area contributed by atoms with Crippen LogP contribution in [0.4, 0.5) is 55.9 Å². The number of rotatable bonds is 7. The number of carbonyl (C=O) groups excluding carboxylic acids is 7. The third-order valence-corrected chi connectivity index (χ3v) is 19.9. The number of anilines is 8. The monoisotopic (exact) mass is 1690 g/mol. The molecule has 0 radical (unpaired) electrons. The molecule has 14 heterocycles. The van der Waals surface area contributed by atoms with E-state index in [1.165, 1.54) is 31.1 Å². The van der Waals surface area contributed by atoms with Gasteiger partial charge in [0, 0.05) is 44.3 Å². The number of halogens is 2. The second-order valence-electron chi connectivity index (χ2n) is 30.8. The van der Waals surface area contributed by atoms with Crippen LogP contribution in [-0.4, -0.2) is 202 Å². The van der Waals surface area contributed by atoms with Crippen molar-refractivity contribution in [1.29, 1.82) is 0 Å². The van der Waals surface area contributed by atoms with E-state index < -0.39 is 46.3 Å². The van der Waals surface area contributed by atoms with Crippen LogP contribution in [0.2, 0.25) is 0 Å². The quantitative estimate of drug-likeness (QED) is 0.0894. The van der Waals surface area contributed by atoms with E-state index in [4.69, 9.17) is 26.7 Å². The van der Waals surface area contributed by atoms with Crippen LogP contribution in [0.5, 0.6) is 0 Å². The first-order valence-corrected chi connectivity index (χ1v) is 38.0.